The van der Waals surface area contributed by atoms with Gasteiger partial charge in [0.05, 0.1) is 19.1 Å². The largest absolute Gasteiger partial charge is 0.378 e. The molecule has 0 saturated carbocycles. The van der Waals surface area contributed by atoms with Gasteiger partial charge in [-0.05, 0) is 12.1 Å². The number of rotatable bonds is 2. The van der Waals surface area contributed by atoms with E-state index in [4.69, 9.17) is 4.74 Å². The number of ether oxygens (including phenoxy) is 1. The first-order valence-corrected chi connectivity index (χ1v) is 6.36. The summed E-state index contributed by atoms with van der Waals surface area (Å²) in [6.45, 7) is 4.47. The van der Waals surface area contributed by atoms with Crippen LogP contribution in [0.5, 0.6) is 0 Å². The summed E-state index contributed by atoms with van der Waals surface area (Å²) in [5.41, 5.74) is 1.15. The third kappa shape index (κ3) is 2.18. The monoisotopic (exact) mass is 247 g/mol. The van der Waals surface area contributed by atoms with E-state index in [1.54, 1.807) is 12.4 Å². The van der Waals surface area contributed by atoms with Gasteiger partial charge in [-0.25, -0.2) is 0 Å². The number of anilines is 1. The topological polar surface area (TPSA) is 45.7 Å². The van der Waals surface area contributed by atoms with Crippen LogP contribution in [0.25, 0.3) is 0 Å². The summed E-state index contributed by atoms with van der Waals surface area (Å²) in [7, 11) is 0. The van der Waals surface area contributed by atoms with Gasteiger partial charge in [-0.2, -0.15) is 0 Å². The van der Waals surface area contributed by atoms with Gasteiger partial charge in [-0.1, -0.05) is 0 Å². The minimum absolute atomic E-state index is 0.149. The quantitative estimate of drug-likeness (QED) is 0.758. The molecule has 96 valence electrons. The van der Waals surface area contributed by atoms with Crippen molar-refractivity contribution in [1.82, 2.24) is 9.88 Å². The Morgan fingerprint density at radius 2 is 1.89 bits per heavy atom. The summed E-state index contributed by atoms with van der Waals surface area (Å²) in [6, 6.07) is 3.96. The first-order valence-electron chi connectivity index (χ1n) is 6.36. The standard InChI is InChI=1S/C13H17N3O2/c17-13(15-5-7-18-8-6-15)11-9-16(10-11)12-1-3-14-4-2-12/h1-4,11H,5-10H2. The molecule has 0 bridgehead atoms. The highest BCUT2D eigenvalue weighted by Crippen LogP contribution is 2.25. The Kier molecular flexibility index (Phi) is 3.15. The van der Waals surface area contributed by atoms with E-state index in [0.29, 0.717) is 13.2 Å². The third-order valence-electron chi connectivity index (χ3n) is 3.58. The number of carbonyl (C=O) groups is 1. The number of pyridine rings is 1. The van der Waals surface area contributed by atoms with Crippen molar-refractivity contribution in [3.05, 3.63) is 24.5 Å². The van der Waals surface area contributed by atoms with Crippen LogP contribution in [0.2, 0.25) is 0 Å². The summed E-state index contributed by atoms with van der Waals surface area (Å²) in [5, 5.41) is 0. The molecule has 0 aliphatic carbocycles. The van der Waals surface area contributed by atoms with Crippen molar-refractivity contribution < 1.29 is 9.53 Å². The van der Waals surface area contributed by atoms with Gasteiger partial charge in [0, 0.05) is 44.3 Å². The summed E-state index contributed by atoms with van der Waals surface area (Å²) >= 11 is 0. The molecule has 5 nitrogen and oxygen atoms in total. The van der Waals surface area contributed by atoms with Crippen molar-refractivity contribution in [3.8, 4) is 0 Å². The van der Waals surface area contributed by atoms with Crippen LogP contribution in [0.3, 0.4) is 0 Å². The lowest BCUT2D eigenvalue weighted by molar-refractivity contribution is -0.140. The van der Waals surface area contributed by atoms with E-state index in [1.165, 1.54) is 0 Å². The zero-order valence-electron chi connectivity index (χ0n) is 10.3. The van der Waals surface area contributed by atoms with Crippen molar-refractivity contribution in [1.29, 1.82) is 0 Å². The number of morpholine rings is 1. The molecule has 0 radical (unpaired) electrons. The van der Waals surface area contributed by atoms with Gasteiger partial charge in [0.2, 0.25) is 5.91 Å². The van der Waals surface area contributed by atoms with E-state index in [9.17, 15) is 4.79 Å². The molecule has 0 N–H and O–H groups in total. The zero-order chi connectivity index (χ0) is 12.4. The second-order valence-electron chi connectivity index (χ2n) is 4.74. The van der Waals surface area contributed by atoms with Crippen molar-refractivity contribution in [2.45, 2.75) is 0 Å². The number of aromatic nitrogens is 1. The molecule has 18 heavy (non-hydrogen) atoms. The summed E-state index contributed by atoms with van der Waals surface area (Å²) < 4.78 is 5.26. The fourth-order valence-corrected chi connectivity index (χ4v) is 2.44. The Morgan fingerprint density at radius 3 is 2.56 bits per heavy atom. The Hall–Kier alpha value is -1.62. The van der Waals surface area contributed by atoms with Gasteiger partial charge in [0.15, 0.2) is 0 Å². The molecule has 0 aromatic carbocycles. The molecule has 3 heterocycles. The van der Waals surface area contributed by atoms with Crippen LogP contribution >= 0.6 is 0 Å². The Labute approximate surface area is 106 Å². The molecule has 3 rings (SSSR count). The second-order valence-corrected chi connectivity index (χ2v) is 4.74. The molecule has 1 amide bonds. The molecular weight excluding hydrogens is 230 g/mol. The molecular formula is C13H17N3O2. The minimum Gasteiger partial charge on any atom is -0.378 e. The number of carbonyl (C=O) groups excluding carboxylic acids is 1. The van der Waals surface area contributed by atoms with Crippen LogP contribution in [-0.4, -0.2) is 55.2 Å². The number of hydrogen-bond acceptors (Lipinski definition) is 4. The Bertz CT molecular complexity index is 412. The van der Waals surface area contributed by atoms with Crippen LogP contribution in [-0.2, 0) is 9.53 Å². The van der Waals surface area contributed by atoms with Gasteiger partial charge in [0.1, 0.15) is 0 Å². The summed E-state index contributed by atoms with van der Waals surface area (Å²) in [4.78, 5) is 20.3. The van der Waals surface area contributed by atoms with E-state index < -0.39 is 0 Å². The highest BCUT2D eigenvalue weighted by molar-refractivity contribution is 5.82. The van der Waals surface area contributed by atoms with E-state index in [-0.39, 0.29) is 11.8 Å². The maximum atomic E-state index is 12.2. The average molecular weight is 247 g/mol. The van der Waals surface area contributed by atoms with Crippen molar-refractivity contribution in [2.75, 3.05) is 44.3 Å². The number of amides is 1. The highest BCUT2D eigenvalue weighted by Gasteiger charge is 2.35. The first-order chi connectivity index (χ1) is 8.84. The Morgan fingerprint density at radius 1 is 1.22 bits per heavy atom. The lowest BCUT2D eigenvalue weighted by Gasteiger charge is -2.42. The SMILES string of the molecule is O=C(C1CN(c2ccncc2)C1)N1CCOCC1. The molecule has 1 aromatic heterocycles. The molecule has 0 atom stereocenters. The maximum Gasteiger partial charge on any atom is 0.229 e. The normalized spacial score (nSPS) is 20.7. The van der Waals surface area contributed by atoms with Crippen LogP contribution in [0.15, 0.2) is 24.5 Å². The smallest absolute Gasteiger partial charge is 0.229 e. The molecule has 2 saturated heterocycles. The molecule has 2 aliphatic rings. The zero-order valence-corrected chi connectivity index (χ0v) is 10.3. The predicted octanol–water partition coefficient (Wildman–Crippen LogP) is 0.377. The van der Waals surface area contributed by atoms with Gasteiger partial charge in [0.25, 0.3) is 0 Å². The predicted molar refractivity (Wildman–Crippen MR) is 67.3 cm³/mol. The first kappa shape index (κ1) is 11.5. The van der Waals surface area contributed by atoms with E-state index in [2.05, 4.69) is 9.88 Å². The van der Waals surface area contributed by atoms with Crippen molar-refractivity contribution in [3.63, 3.8) is 0 Å². The maximum absolute atomic E-state index is 12.2. The second kappa shape index (κ2) is 4.94. The van der Waals surface area contributed by atoms with Gasteiger partial charge >= 0.3 is 0 Å². The van der Waals surface area contributed by atoms with Crippen molar-refractivity contribution in [2.24, 2.45) is 5.92 Å². The summed E-state index contributed by atoms with van der Waals surface area (Å²) in [6.07, 6.45) is 3.57. The van der Waals surface area contributed by atoms with Crippen LogP contribution in [0.4, 0.5) is 5.69 Å². The van der Waals surface area contributed by atoms with Gasteiger partial charge in [-0.3, -0.25) is 9.78 Å². The fourth-order valence-electron chi connectivity index (χ4n) is 2.44. The Balaban J connectivity index is 1.54. The van der Waals surface area contributed by atoms with Crippen LogP contribution in [0, 0.1) is 5.92 Å². The van der Waals surface area contributed by atoms with Gasteiger partial charge in [-0.15, -0.1) is 0 Å². The molecule has 0 spiro atoms. The van der Waals surface area contributed by atoms with E-state index in [1.807, 2.05) is 17.0 Å². The summed E-state index contributed by atoms with van der Waals surface area (Å²) in [5.74, 6) is 0.430. The minimum atomic E-state index is 0.149. The molecule has 1 aromatic rings. The van der Waals surface area contributed by atoms with Crippen LogP contribution < -0.4 is 4.90 Å². The molecule has 2 aliphatic heterocycles. The molecule has 2 fully saturated rings. The third-order valence-corrected chi connectivity index (χ3v) is 3.58. The van der Waals surface area contributed by atoms with Gasteiger partial charge < -0.3 is 14.5 Å². The van der Waals surface area contributed by atoms with E-state index >= 15 is 0 Å². The van der Waals surface area contributed by atoms with Crippen LogP contribution in [0.1, 0.15) is 0 Å². The highest BCUT2D eigenvalue weighted by atomic mass is 16.5. The molecule has 0 unspecified atom stereocenters. The fraction of sp³-hybridized carbons (Fsp3) is 0.538. The van der Waals surface area contributed by atoms with E-state index in [0.717, 1.165) is 31.9 Å². The number of hydrogen-bond donors (Lipinski definition) is 0. The average Bonchev–Trinajstić information content (AvgIpc) is 2.39. The number of nitrogens with zero attached hydrogens (tertiary/aromatic N) is 3. The van der Waals surface area contributed by atoms with Crippen molar-refractivity contribution >= 4 is 11.6 Å². The molecule has 5 heteroatoms. The lowest BCUT2D eigenvalue weighted by Crippen LogP contribution is -2.56. The lowest BCUT2D eigenvalue weighted by atomic mass is 9.97.